The Morgan fingerprint density at radius 2 is 2.00 bits per heavy atom. The van der Waals surface area contributed by atoms with Crippen LogP contribution >= 0.6 is 0 Å². The van der Waals surface area contributed by atoms with E-state index in [9.17, 15) is 13.2 Å². The molecule has 1 atom stereocenters. The van der Waals surface area contributed by atoms with Gasteiger partial charge >= 0.3 is 0 Å². The van der Waals surface area contributed by atoms with Crippen LogP contribution in [0.15, 0.2) is 42.6 Å². The van der Waals surface area contributed by atoms with Crippen LogP contribution in [0.1, 0.15) is 6.42 Å². The SMILES string of the molecule is COc1ccccc1OCC(=O)Nc1ccc(NC2CCS(=O)(=O)C2)nc1. The van der Waals surface area contributed by atoms with Crippen molar-refractivity contribution in [1.29, 1.82) is 0 Å². The van der Waals surface area contributed by atoms with Crippen LogP contribution in [-0.4, -0.2) is 50.6 Å². The van der Waals surface area contributed by atoms with Crippen LogP contribution in [0.5, 0.6) is 11.5 Å². The molecule has 0 bridgehead atoms. The first kappa shape index (κ1) is 19.0. The summed E-state index contributed by atoms with van der Waals surface area (Å²) >= 11 is 0. The molecular formula is C18H21N3O5S. The van der Waals surface area contributed by atoms with Crippen molar-refractivity contribution >= 4 is 27.2 Å². The third-order valence-corrected chi connectivity index (χ3v) is 5.83. The van der Waals surface area contributed by atoms with E-state index in [0.717, 1.165) is 0 Å². The van der Waals surface area contributed by atoms with Crippen LogP contribution in [0.4, 0.5) is 11.5 Å². The van der Waals surface area contributed by atoms with Gasteiger partial charge in [0, 0.05) is 6.04 Å². The topological polar surface area (TPSA) is 107 Å². The smallest absolute Gasteiger partial charge is 0.262 e. The summed E-state index contributed by atoms with van der Waals surface area (Å²) in [4.78, 5) is 16.2. The minimum absolute atomic E-state index is 0.119. The Hall–Kier alpha value is -2.81. The minimum Gasteiger partial charge on any atom is -0.493 e. The van der Waals surface area contributed by atoms with Gasteiger partial charge in [0.2, 0.25) is 0 Å². The molecule has 1 aromatic carbocycles. The van der Waals surface area contributed by atoms with E-state index in [1.54, 1.807) is 30.3 Å². The van der Waals surface area contributed by atoms with Gasteiger partial charge in [0.25, 0.3) is 5.91 Å². The number of pyridine rings is 1. The molecular weight excluding hydrogens is 370 g/mol. The average Bonchev–Trinajstić information content (AvgIpc) is 3.00. The highest BCUT2D eigenvalue weighted by molar-refractivity contribution is 7.91. The second-order valence-electron chi connectivity index (χ2n) is 6.16. The van der Waals surface area contributed by atoms with E-state index in [0.29, 0.717) is 29.4 Å². The predicted molar refractivity (Wildman–Crippen MR) is 102 cm³/mol. The Morgan fingerprint density at radius 1 is 1.22 bits per heavy atom. The van der Waals surface area contributed by atoms with Crippen molar-refractivity contribution in [2.45, 2.75) is 12.5 Å². The highest BCUT2D eigenvalue weighted by Gasteiger charge is 2.27. The molecule has 3 rings (SSSR count). The number of amides is 1. The zero-order valence-corrected chi connectivity index (χ0v) is 15.7. The number of para-hydroxylation sites is 2. The number of hydrogen-bond donors (Lipinski definition) is 2. The number of carbonyl (C=O) groups excluding carboxylic acids is 1. The number of carbonyl (C=O) groups is 1. The molecule has 144 valence electrons. The van der Waals surface area contributed by atoms with Gasteiger partial charge in [0.15, 0.2) is 27.9 Å². The monoisotopic (exact) mass is 391 g/mol. The number of anilines is 2. The van der Waals surface area contributed by atoms with Gasteiger partial charge in [-0.05, 0) is 30.7 Å². The van der Waals surface area contributed by atoms with Gasteiger partial charge < -0.3 is 20.1 Å². The molecule has 1 aliphatic rings. The van der Waals surface area contributed by atoms with Gasteiger partial charge in [-0.25, -0.2) is 13.4 Å². The van der Waals surface area contributed by atoms with E-state index in [1.807, 2.05) is 6.07 Å². The highest BCUT2D eigenvalue weighted by Crippen LogP contribution is 2.25. The molecule has 1 unspecified atom stereocenters. The summed E-state index contributed by atoms with van der Waals surface area (Å²) in [5.41, 5.74) is 0.522. The number of hydrogen-bond acceptors (Lipinski definition) is 7. The first-order valence-electron chi connectivity index (χ1n) is 8.44. The molecule has 0 saturated carbocycles. The van der Waals surface area contributed by atoms with Crippen molar-refractivity contribution in [3.8, 4) is 11.5 Å². The molecule has 9 heteroatoms. The lowest BCUT2D eigenvalue weighted by Gasteiger charge is -2.12. The first-order chi connectivity index (χ1) is 12.9. The van der Waals surface area contributed by atoms with Gasteiger partial charge in [-0.15, -0.1) is 0 Å². The van der Waals surface area contributed by atoms with E-state index in [2.05, 4.69) is 15.6 Å². The molecule has 0 radical (unpaired) electrons. The van der Waals surface area contributed by atoms with Gasteiger partial charge in [0.1, 0.15) is 5.82 Å². The number of aromatic nitrogens is 1. The van der Waals surface area contributed by atoms with Crippen molar-refractivity contribution < 1.29 is 22.7 Å². The first-order valence-corrected chi connectivity index (χ1v) is 10.3. The van der Waals surface area contributed by atoms with Crippen molar-refractivity contribution in [3.05, 3.63) is 42.6 Å². The van der Waals surface area contributed by atoms with E-state index in [4.69, 9.17) is 9.47 Å². The Morgan fingerprint density at radius 3 is 2.63 bits per heavy atom. The van der Waals surface area contributed by atoms with E-state index >= 15 is 0 Å². The Kier molecular flexibility index (Phi) is 5.80. The third kappa shape index (κ3) is 5.33. The lowest BCUT2D eigenvalue weighted by molar-refractivity contribution is -0.118. The summed E-state index contributed by atoms with van der Waals surface area (Å²) < 4.78 is 33.6. The molecule has 2 heterocycles. The quantitative estimate of drug-likeness (QED) is 0.740. The van der Waals surface area contributed by atoms with E-state index < -0.39 is 9.84 Å². The standard InChI is InChI=1S/C18H21N3O5S/c1-25-15-4-2-3-5-16(15)26-11-18(22)21-13-6-7-17(19-10-13)20-14-8-9-27(23,24)12-14/h2-7,10,14H,8-9,11-12H2,1H3,(H,19,20)(H,21,22). The van der Waals surface area contributed by atoms with Crippen molar-refractivity contribution in [2.24, 2.45) is 0 Å². The van der Waals surface area contributed by atoms with Crippen molar-refractivity contribution in [3.63, 3.8) is 0 Å². The fraction of sp³-hybridized carbons (Fsp3) is 0.333. The van der Waals surface area contributed by atoms with Crippen LogP contribution in [0.3, 0.4) is 0 Å². The van der Waals surface area contributed by atoms with E-state index in [-0.39, 0.29) is 30.1 Å². The average molecular weight is 391 g/mol. The zero-order valence-electron chi connectivity index (χ0n) is 14.8. The van der Waals surface area contributed by atoms with Crippen LogP contribution < -0.4 is 20.1 Å². The zero-order chi connectivity index (χ0) is 19.3. The molecule has 1 aliphatic heterocycles. The molecule has 1 amide bonds. The minimum atomic E-state index is -2.94. The maximum absolute atomic E-state index is 12.0. The second kappa shape index (κ2) is 8.26. The third-order valence-electron chi connectivity index (χ3n) is 4.06. The molecule has 8 nitrogen and oxygen atoms in total. The van der Waals surface area contributed by atoms with E-state index in [1.165, 1.54) is 13.3 Å². The summed E-state index contributed by atoms with van der Waals surface area (Å²) in [6, 6.07) is 10.3. The Labute approximate surface area is 157 Å². The summed E-state index contributed by atoms with van der Waals surface area (Å²) in [6.45, 7) is -0.166. The predicted octanol–water partition coefficient (Wildman–Crippen LogP) is 1.71. The number of nitrogens with zero attached hydrogens (tertiary/aromatic N) is 1. The Bertz CT molecular complexity index is 899. The molecule has 0 spiro atoms. The van der Waals surface area contributed by atoms with Gasteiger partial charge in [-0.3, -0.25) is 4.79 Å². The molecule has 0 aliphatic carbocycles. The van der Waals surface area contributed by atoms with Crippen LogP contribution in [0.25, 0.3) is 0 Å². The van der Waals surface area contributed by atoms with Crippen LogP contribution in [0.2, 0.25) is 0 Å². The maximum atomic E-state index is 12.0. The van der Waals surface area contributed by atoms with Gasteiger partial charge in [-0.2, -0.15) is 0 Å². The maximum Gasteiger partial charge on any atom is 0.262 e. The number of ether oxygens (including phenoxy) is 2. The normalized spacial score (nSPS) is 17.9. The molecule has 2 N–H and O–H groups in total. The summed E-state index contributed by atoms with van der Waals surface area (Å²) in [5.74, 6) is 1.60. The molecule has 2 aromatic rings. The second-order valence-corrected chi connectivity index (χ2v) is 8.39. The largest absolute Gasteiger partial charge is 0.493 e. The van der Waals surface area contributed by atoms with Gasteiger partial charge in [-0.1, -0.05) is 12.1 Å². The Balaban J connectivity index is 1.50. The summed E-state index contributed by atoms with van der Waals surface area (Å²) in [7, 11) is -1.41. The fourth-order valence-corrected chi connectivity index (χ4v) is 4.42. The number of benzene rings is 1. The number of nitrogens with one attached hydrogen (secondary N) is 2. The molecule has 1 aromatic heterocycles. The molecule has 1 saturated heterocycles. The number of methoxy groups -OCH3 is 1. The highest BCUT2D eigenvalue weighted by atomic mass is 32.2. The van der Waals surface area contributed by atoms with Crippen LogP contribution in [0, 0.1) is 0 Å². The van der Waals surface area contributed by atoms with Crippen molar-refractivity contribution in [2.75, 3.05) is 35.9 Å². The van der Waals surface area contributed by atoms with Crippen molar-refractivity contribution in [1.82, 2.24) is 4.98 Å². The lowest BCUT2D eigenvalue weighted by atomic mass is 10.2. The molecule has 1 fully saturated rings. The van der Waals surface area contributed by atoms with Gasteiger partial charge in [0.05, 0.1) is 30.5 Å². The number of sulfone groups is 1. The lowest BCUT2D eigenvalue weighted by Crippen LogP contribution is -2.22. The van der Waals surface area contributed by atoms with Crippen LogP contribution in [-0.2, 0) is 14.6 Å². The molecule has 27 heavy (non-hydrogen) atoms. The summed E-state index contributed by atoms with van der Waals surface area (Å²) in [5, 5.41) is 5.79. The fourth-order valence-electron chi connectivity index (χ4n) is 2.75. The number of rotatable bonds is 7. The summed E-state index contributed by atoms with van der Waals surface area (Å²) in [6.07, 6.45) is 2.08.